The molecular weight excluding hydrogens is 380 g/mol. The largest absolute Gasteiger partial charge is 0.495 e. The van der Waals surface area contributed by atoms with Crippen molar-refractivity contribution in [1.29, 1.82) is 0 Å². The molecule has 3 rings (SSSR count). The minimum absolute atomic E-state index is 0.212. The second-order valence-corrected chi connectivity index (χ2v) is 6.18. The Hall–Kier alpha value is -3.32. The maximum absolute atomic E-state index is 12.7. The van der Waals surface area contributed by atoms with E-state index in [-0.39, 0.29) is 5.69 Å². The topological polar surface area (TPSA) is 76.6 Å². The summed E-state index contributed by atoms with van der Waals surface area (Å²) in [5, 5.41) is 3.15. The van der Waals surface area contributed by atoms with E-state index in [0.29, 0.717) is 28.2 Å². The monoisotopic (exact) mass is 398 g/mol. The van der Waals surface area contributed by atoms with E-state index >= 15 is 0 Å². The standard InChI is InChI=1S/C20H19ClN4O3/c1-25(13-7-5-4-6-8-13)20-22-10-9-15(24-20)19(26)23-16-12-17(27-2)14(21)11-18(16)28-3/h4-12H,1-3H3,(H,23,26). The Morgan fingerprint density at radius 3 is 2.46 bits per heavy atom. The van der Waals surface area contributed by atoms with Crippen LogP contribution in [0.25, 0.3) is 0 Å². The fourth-order valence-corrected chi connectivity index (χ4v) is 2.78. The first-order valence-corrected chi connectivity index (χ1v) is 8.76. The number of benzene rings is 2. The number of nitrogens with zero attached hydrogens (tertiary/aromatic N) is 3. The van der Waals surface area contributed by atoms with Gasteiger partial charge in [0.25, 0.3) is 5.91 Å². The van der Waals surface area contributed by atoms with Crippen molar-refractivity contribution in [3.8, 4) is 11.5 Å². The number of carbonyl (C=O) groups excluding carboxylic acids is 1. The summed E-state index contributed by atoms with van der Waals surface area (Å²) in [6.45, 7) is 0. The highest BCUT2D eigenvalue weighted by Crippen LogP contribution is 2.36. The van der Waals surface area contributed by atoms with Crippen LogP contribution in [-0.2, 0) is 0 Å². The van der Waals surface area contributed by atoms with Crippen LogP contribution in [0.3, 0.4) is 0 Å². The van der Waals surface area contributed by atoms with E-state index in [9.17, 15) is 4.79 Å². The van der Waals surface area contributed by atoms with Gasteiger partial charge in [-0.15, -0.1) is 0 Å². The summed E-state index contributed by atoms with van der Waals surface area (Å²) in [6, 6.07) is 14.3. The van der Waals surface area contributed by atoms with Gasteiger partial charge >= 0.3 is 0 Å². The second-order valence-electron chi connectivity index (χ2n) is 5.78. The molecule has 7 nitrogen and oxygen atoms in total. The summed E-state index contributed by atoms with van der Waals surface area (Å²) >= 11 is 6.10. The van der Waals surface area contributed by atoms with Crippen LogP contribution in [-0.4, -0.2) is 37.1 Å². The van der Waals surface area contributed by atoms with Crippen molar-refractivity contribution < 1.29 is 14.3 Å². The van der Waals surface area contributed by atoms with Crippen LogP contribution in [0.1, 0.15) is 10.5 Å². The van der Waals surface area contributed by atoms with E-state index in [1.54, 1.807) is 17.0 Å². The summed E-state index contributed by atoms with van der Waals surface area (Å²) in [5.74, 6) is 0.826. The molecule has 0 aliphatic heterocycles. The molecule has 0 fully saturated rings. The van der Waals surface area contributed by atoms with Crippen LogP contribution in [0, 0.1) is 0 Å². The lowest BCUT2D eigenvalue weighted by molar-refractivity contribution is 0.102. The van der Waals surface area contributed by atoms with E-state index in [1.807, 2.05) is 37.4 Å². The number of rotatable bonds is 6. The summed E-state index contributed by atoms with van der Waals surface area (Å²) < 4.78 is 10.5. The van der Waals surface area contributed by atoms with Crippen molar-refractivity contribution in [2.45, 2.75) is 0 Å². The minimum Gasteiger partial charge on any atom is -0.495 e. The molecule has 2 aromatic carbocycles. The molecule has 144 valence electrons. The lowest BCUT2D eigenvalue weighted by Crippen LogP contribution is -2.18. The molecule has 0 saturated carbocycles. The van der Waals surface area contributed by atoms with Crippen LogP contribution < -0.4 is 19.7 Å². The Balaban J connectivity index is 1.86. The highest BCUT2D eigenvalue weighted by molar-refractivity contribution is 6.32. The number of aromatic nitrogens is 2. The van der Waals surface area contributed by atoms with Gasteiger partial charge in [0.05, 0.1) is 24.9 Å². The number of nitrogens with one attached hydrogen (secondary N) is 1. The molecule has 0 aliphatic rings. The Bertz CT molecular complexity index is 982. The first-order valence-electron chi connectivity index (χ1n) is 8.38. The number of hydrogen-bond acceptors (Lipinski definition) is 6. The highest BCUT2D eigenvalue weighted by atomic mass is 35.5. The molecule has 0 saturated heterocycles. The zero-order valence-corrected chi connectivity index (χ0v) is 16.4. The summed E-state index contributed by atoms with van der Waals surface area (Å²) in [6.07, 6.45) is 1.54. The minimum atomic E-state index is -0.409. The Kier molecular flexibility index (Phi) is 5.96. The van der Waals surface area contributed by atoms with Gasteiger partial charge in [0.15, 0.2) is 0 Å². The predicted molar refractivity (Wildman–Crippen MR) is 109 cm³/mol. The van der Waals surface area contributed by atoms with Crippen LogP contribution >= 0.6 is 11.6 Å². The molecule has 1 N–H and O–H groups in total. The van der Waals surface area contributed by atoms with E-state index in [0.717, 1.165) is 5.69 Å². The van der Waals surface area contributed by atoms with Gasteiger partial charge < -0.3 is 19.7 Å². The summed E-state index contributed by atoms with van der Waals surface area (Å²) in [7, 11) is 4.82. The molecule has 0 unspecified atom stereocenters. The molecular formula is C20H19ClN4O3. The van der Waals surface area contributed by atoms with E-state index in [4.69, 9.17) is 21.1 Å². The third-order valence-electron chi connectivity index (χ3n) is 4.04. The van der Waals surface area contributed by atoms with Crippen LogP contribution in [0.4, 0.5) is 17.3 Å². The zero-order valence-electron chi connectivity index (χ0n) is 15.6. The van der Waals surface area contributed by atoms with Crippen molar-refractivity contribution >= 4 is 34.8 Å². The third kappa shape index (κ3) is 4.15. The molecule has 0 bridgehead atoms. The number of carbonyl (C=O) groups is 1. The van der Waals surface area contributed by atoms with Gasteiger partial charge in [-0.05, 0) is 18.2 Å². The van der Waals surface area contributed by atoms with Crippen molar-refractivity contribution in [3.63, 3.8) is 0 Å². The van der Waals surface area contributed by atoms with E-state index in [2.05, 4.69) is 15.3 Å². The predicted octanol–water partition coefficient (Wildman–Crippen LogP) is 4.17. The van der Waals surface area contributed by atoms with Gasteiger partial charge in [0, 0.05) is 31.1 Å². The quantitative estimate of drug-likeness (QED) is 0.671. The lowest BCUT2D eigenvalue weighted by Gasteiger charge is -2.17. The van der Waals surface area contributed by atoms with Crippen molar-refractivity contribution in [2.24, 2.45) is 0 Å². The fraction of sp³-hybridized carbons (Fsp3) is 0.150. The first-order chi connectivity index (χ1) is 13.5. The Morgan fingerprint density at radius 2 is 1.79 bits per heavy atom. The summed E-state index contributed by atoms with van der Waals surface area (Å²) in [4.78, 5) is 23.1. The number of para-hydroxylation sites is 1. The van der Waals surface area contributed by atoms with Gasteiger partial charge in [0.2, 0.25) is 5.95 Å². The van der Waals surface area contributed by atoms with Crippen molar-refractivity contribution in [3.05, 3.63) is 65.4 Å². The Morgan fingerprint density at radius 1 is 1.07 bits per heavy atom. The fourth-order valence-electron chi connectivity index (χ4n) is 2.55. The molecule has 3 aromatic rings. The van der Waals surface area contributed by atoms with Gasteiger partial charge in [-0.3, -0.25) is 4.79 Å². The maximum Gasteiger partial charge on any atom is 0.274 e. The van der Waals surface area contributed by atoms with E-state index in [1.165, 1.54) is 26.5 Å². The molecule has 0 aliphatic carbocycles. The molecule has 1 aromatic heterocycles. The molecule has 8 heteroatoms. The highest BCUT2D eigenvalue weighted by Gasteiger charge is 2.16. The number of ether oxygens (including phenoxy) is 2. The normalized spacial score (nSPS) is 10.3. The Labute approximate surface area is 167 Å². The first kappa shape index (κ1) is 19.4. The smallest absolute Gasteiger partial charge is 0.274 e. The number of anilines is 3. The number of hydrogen-bond donors (Lipinski definition) is 1. The maximum atomic E-state index is 12.7. The van der Waals surface area contributed by atoms with Gasteiger partial charge in [-0.25, -0.2) is 9.97 Å². The average Bonchev–Trinajstić information content (AvgIpc) is 2.74. The molecule has 1 amide bonds. The molecule has 1 heterocycles. The summed E-state index contributed by atoms with van der Waals surface area (Å²) in [5.41, 5.74) is 1.54. The van der Waals surface area contributed by atoms with Crippen molar-refractivity contribution in [1.82, 2.24) is 9.97 Å². The molecule has 28 heavy (non-hydrogen) atoms. The number of amides is 1. The van der Waals surface area contributed by atoms with Gasteiger partial charge in [0.1, 0.15) is 17.2 Å². The van der Waals surface area contributed by atoms with Crippen LogP contribution in [0.5, 0.6) is 11.5 Å². The molecule has 0 spiro atoms. The lowest BCUT2D eigenvalue weighted by atomic mass is 10.2. The van der Waals surface area contributed by atoms with Crippen LogP contribution in [0.2, 0.25) is 5.02 Å². The zero-order chi connectivity index (χ0) is 20.1. The van der Waals surface area contributed by atoms with Gasteiger partial charge in [-0.2, -0.15) is 0 Å². The molecule has 0 radical (unpaired) electrons. The van der Waals surface area contributed by atoms with E-state index < -0.39 is 5.91 Å². The number of halogens is 1. The average molecular weight is 399 g/mol. The third-order valence-corrected chi connectivity index (χ3v) is 4.34. The van der Waals surface area contributed by atoms with Crippen LogP contribution in [0.15, 0.2) is 54.7 Å². The molecule has 0 atom stereocenters. The second kappa shape index (κ2) is 8.58. The number of methoxy groups -OCH3 is 2. The van der Waals surface area contributed by atoms with Crippen molar-refractivity contribution in [2.75, 3.05) is 31.5 Å². The SMILES string of the molecule is COc1cc(NC(=O)c2ccnc(N(C)c3ccccc3)n2)c(OC)cc1Cl. The van der Waals surface area contributed by atoms with Gasteiger partial charge in [-0.1, -0.05) is 29.8 Å².